The van der Waals surface area contributed by atoms with Gasteiger partial charge in [-0.25, -0.2) is 9.59 Å². The van der Waals surface area contributed by atoms with E-state index in [-0.39, 0.29) is 11.6 Å². The summed E-state index contributed by atoms with van der Waals surface area (Å²) in [5.41, 5.74) is -0.178. The molecule has 1 aliphatic rings. The monoisotopic (exact) mass is 245 g/mol. The van der Waals surface area contributed by atoms with E-state index in [1.807, 2.05) is 0 Å². The predicted octanol–water partition coefficient (Wildman–Crippen LogP) is -0.0751. The van der Waals surface area contributed by atoms with Gasteiger partial charge in [-0.2, -0.15) is 0 Å². The van der Waals surface area contributed by atoms with Crippen molar-refractivity contribution in [3.8, 4) is 0 Å². The van der Waals surface area contributed by atoms with Crippen LogP contribution in [-0.2, 0) is 14.4 Å². The van der Waals surface area contributed by atoms with E-state index in [9.17, 15) is 14.4 Å². The van der Waals surface area contributed by atoms with Gasteiger partial charge in [-0.05, 0) is 26.3 Å². The molecule has 17 heavy (non-hydrogen) atoms. The number of carboxylic acids is 3. The number of rotatable bonds is 3. The molecule has 0 saturated carbocycles. The fraction of sp³-hybridized carbons (Fsp3) is 0.500. The zero-order valence-electron chi connectivity index (χ0n) is 9.34. The van der Waals surface area contributed by atoms with Crippen molar-refractivity contribution in [3.05, 3.63) is 11.6 Å². The van der Waals surface area contributed by atoms with Gasteiger partial charge in [0, 0.05) is 11.6 Å². The smallest absolute Gasteiger partial charge is 0.331 e. The van der Waals surface area contributed by atoms with Crippen molar-refractivity contribution in [1.82, 2.24) is 5.32 Å². The fourth-order valence-corrected chi connectivity index (χ4v) is 1.14. The summed E-state index contributed by atoms with van der Waals surface area (Å²) in [6.45, 7) is 2.08. The predicted molar refractivity (Wildman–Crippen MR) is 57.7 cm³/mol. The van der Waals surface area contributed by atoms with Crippen LogP contribution in [0, 0.1) is 0 Å². The molecular weight excluding hydrogens is 230 g/mol. The molecular formula is C10H15NO6. The second-order valence-corrected chi connectivity index (χ2v) is 3.46. The van der Waals surface area contributed by atoms with Gasteiger partial charge in [-0.15, -0.1) is 0 Å². The molecule has 4 N–H and O–H groups in total. The Bertz CT molecular complexity index is 330. The molecule has 1 atom stereocenters. The van der Waals surface area contributed by atoms with Gasteiger partial charge in [0.15, 0.2) is 0 Å². The first-order chi connectivity index (χ1) is 7.84. The molecule has 0 aromatic carbocycles. The van der Waals surface area contributed by atoms with E-state index in [4.69, 9.17) is 15.3 Å². The summed E-state index contributed by atoms with van der Waals surface area (Å²) in [5.74, 6) is -3.17. The van der Waals surface area contributed by atoms with Crippen LogP contribution in [0.3, 0.4) is 0 Å². The third kappa shape index (κ3) is 7.07. The summed E-state index contributed by atoms with van der Waals surface area (Å²) in [6, 6.07) is -0.269. The van der Waals surface area contributed by atoms with Gasteiger partial charge in [0.1, 0.15) is 6.04 Å². The Morgan fingerprint density at radius 2 is 1.82 bits per heavy atom. The van der Waals surface area contributed by atoms with Gasteiger partial charge < -0.3 is 20.6 Å². The van der Waals surface area contributed by atoms with E-state index in [0.717, 1.165) is 19.4 Å². The lowest BCUT2D eigenvalue weighted by Gasteiger charge is -1.99. The van der Waals surface area contributed by atoms with Gasteiger partial charge in [-0.3, -0.25) is 4.79 Å². The molecule has 0 spiro atoms. The summed E-state index contributed by atoms with van der Waals surface area (Å²) in [6.07, 6.45) is 2.43. The fourth-order valence-electron chi connectivity index (χ4n) is 1.14. The van der Waals surface area contributed by atoms with Crippen LogP contribution in [-0.4, -0.2) is 45.8 Å². The molecule has 1 aliphatic heterocycles. The Balaban J connectivity index is 0.000000302. The maximum absolute atomic E-state index is 10.1. The highest BCUT2D eigenvalue weighted by Crippen LogP contribution is 2.03. The van der Waals surface area contributed by atoms with Crippen LogP contribution in [0.25, 0.3) is 0 Å². The number of nitrogens with one attached hydrogen (secondary N) is 1. The summed E-state index contributed by atoms with van der Waals surface area (Å²) in [5, 5.41) is 27.3. The van der Waals surface area contributed by atoms with Gasteiger partial charge in [0.25, 0.3) is 0 Å². The van der Waals surface area contributed by atoms with E-state index < -0.39 is 17.9 Å². The third-order valence-corrected chi connectivity index (χ3v) is 2.04. The Labute approximate surface area is 97.8 Å². The average Bonchev–Trinajstić information content (AvgIpc) is 2.69. The normalized spacial score (nSPS) is 19.1. The number of carbonyl (C=O) groups is 3. The Kier molecular flexibility index (Phi) is 6.57. The molecule has 0 amide bonds. The molecule has 1 heterocycles. The molecule has 0 radical (unpaired) electrons. The quantitative estimate of drug-likeness (QED) is 0.513. The zero-order chi connectivity index (χ0) is 13.4. The molecule has 7 heteroatoms. The van der Waals surface area contributed by atoms with Gasteiger partial charge in [0.2, 0.25) is 0 Å². The Morgan fingerprint density at radius 1 is 1.24 bits per heavy atom. The Morgan fingerprint density at radius 3 is 2.00 bits per heavy atom. The van der Waals surface area contributed by atoms with Crippen LogP contribution in [0.4, 0.5) is 0 Å². The van der Waals surface area contributed by atoms with Crippen LogP contribution < -0.4 is 5.32 Å². The molecule has 1 saturated heterocycles. The summed E-state index contributed by atoms with van der Waals surface area (Å²) < 4.78 is 0. The van der Waals surface area contributed by atoms with Crippen molar-refractivity contribution < 1.29 is 29.7 Å². The molecule has 0 aliphatic carbocycles. The van der Waals surface area contributed by atoms with Crippen molar-refractivity contribution >= 4 is 17.9 Å². The standard InChI is InChI=1S/C5H9NO2.C5H6O4/c7-5(8)4-2-1-3-6-4;1-3(5(8)9)2-4(6)7/h4,6H,1-3H2,(H,7,8);2H,1H3,(H,6,7)(H,8,9)/b;3-2+. The van der Waals surface area contributed by atoms with E-state index in [2.05, 4.69) is 5.32 Å². The molecule has 96 valence electrons. The van der Waals surface area contributed by atoms with Crippen LogP contribution >= 0.6 is 0 Å². The molecule has 1 rings (SSSR count). The number of carboxylic acid groups (broad SMARTS) is 3. The first-order valence-corrected chi connectivity index (χ1v) is 4.95. The average molecular weight is 245 g/mol. The van der Waals surface area contributed by atoms with E-state index in [1.165, 1.54) is 6.92 Å². The van der Waals surface area contributed by atoms with Crippen molar-refractivity contribution in [3.63, 3.8) is 0 Å². The number of hydrogen-bond donors (Lipinski definition) is 4. The second kappa shape index (κ2) is 7.39. The maximum Gasteiger partial charge on any atom is 0.331 e. The van der Waals surface area contributed by atoms with Crippen molar-refractivity contribution in [2.45, 2.75) is 25.8 Å². The Hall–Kier alpha value is -1.89. The molecule has 0 bridgehead atoms. The van der Waals surface area contributed by atoms with Crippen LogP contribution in [0.1, 0.15) is 19.8 Å². The highest BCUT2D eigenvalue weighted by molar-refractivity contribution is 5.93. The summed E-state index contributed by atoms with van der Waals surface area (Å²) in [4.78, 5) is 29.8. The minimum Gasteiger partial charge on any atom is -0.480 e. The minimum atomic E-state index is -1.24. The molecule has 1 unspecified atom stereocenters. The topological polar surface area (TPSA) is 124 Å². The van der Waals surface area contributed by atoms with Crippen LogP contribution in [0.2, 0.25) is 0 Å². The molecule has 7 nitrogen and oxygen atoms in total. The molecule has 0 aromatic rings. The van der Waals surface area contributed by atoms with Crippen LogP contribution in [0.5, 0.6) is 0 Å². The zero-order valence-corrected chi connectivity index (χ0v) is 9.34. The lowest BCUT2D eigenvalue weighted by molar-refractivity contribution is -0.139. The van der Waals surface area contributed by atoms with E-state index in [1.54, 1.807) is 0 Å². The highest BCUT2D eigenvalue weighted by atomic mass is 16.4. The van der Waals surface area contributed by atoms with Crippen molar-refractivity contribution in [2.75, 3.05) is 6.54 Å². The third-order valence-electron chi connectivity index (χ3n) is 2.04. The lowest BCUT2D eigenvalue weighted by atomic mass is 10.2. The van der Waals surface area contributed by atoms with Gasteiger partial charge in [0.05, 0.1) is 0 Å². The van der Waals surface area contributed by atoms with Crippen LogP contribution in [0.15, 0.2) is 11.6 Å². The lowest BCUT2D eigenvalue weighted by Crippen LogP contribution is -2.29. The number of hydrogen-bond acceptors (Lipinski definition) is 4. The largest absolute Gasteiger partial charge is 0.480 e. The SMILES string of the molecule is C/C(=C\C(=O)O)C(=O)O.O=C(O)C1CCCN1. The van der Waals surface area contributed by atoms with Gasteiger partial charge >= 0.3 is 17.9 Å². The first kappa shape index (κ1) is 15.1. The summed E-state index contributed by atoms with van der Waals surface area (Å²) >= 11 is 0. The second-order valence-electron chi connectivity index (χ2n) is 3.46. The van der Waals surface area contributed by atoms with E-state index in [0.29, 0.717) is 6.08 Å². The van der Waals surface area contributed by atoms with Crippen molar-refractivity contribution in [2.24, 2.45) is 0 Å². The number of aliphatic carboxylic acids is 3. The van der Waals surface area contributed by atoms with Gasteiger partial charge in [-0.1, -0.05) is 0 Å². The van der Waals surface area contributed by atoms with Crippen molar-refractivity contribution in [1.29, 1.82) is 0 Å². The highest BCUT2D eigenvalue weighted by Gasteiger charge is 2.20. The van der Waals surface area contributed by atoms with E-state index >= 15 is 0 Å². The first-order valence-electron chi connectivity index (χ1n) is 4.95. The molecule has 0 aromatic heterocycles. The maximum atomic E-state index is 10.1. The minimum absolute atomic E-state index is 0.178. The summed E-state index contributed by atoms with van der Waals surface area (Å²) in [7, 11) is 0. The molecule has 1 fully saturated rings.